The van der Waals surface area contributed by atoms with Crippen LogP contribution in [-0.2, 0) is 0 Å². The maximum atomic E-state index is 11.3. The number of hydrogen-bond donors (Lipinski definition) is 1. The largest absolute Gasteiger partial charge is 0.486 e. The van der Waals surface area contributed by atoms with E-state index in [0.717, 1.165) is 22.7 Å². The number of hydrogen-bond acceptors (Lipinski definition) is 5. The molecule has 118 valence electrons. The second-order valence-electron chi connectivity index (χ2n) is 5.34. The highest BCUT2D eigenvalue weighted by atomic mass is 32.1. The molecule has 4 rings (SSSR count). The highest BCUT2D eigenvalue weighted by Crippen LogP contribution is 2.36. The maximum Gasteiger partial charge on any atom is 0.347 e. The van der Waals surface area contributed by atoms with Crippen molar-refractivity contribution in [3.63, 3.8) is 0 Å². The molecule has 0 spiro atoms. The summed E-state index contributed by atoms with van der Waals surface area (Å²) in [6.45, 7) is 4.84. The molecular formula is C16H14N2O4S. The van der Waals surface area contributed by atoms with Crippen molar-refractivity contribution in [1.29, 1.82) is 0 Å². The van der Waals surface area contributed by atoms with E-state index in [9.17, 15) is 9.90 Å². The Hall–Kier alpha value is -2.54. The first kappa shape index (κ1) is 14.1. The van der Waals surface area contributed by atoms with Crippen LogP contribution in [0.5, 0.6) is 11.5 Å². The Balaban J connectivity index is 1.86. The van der Waals surface area contributed by atoms with E-state index in [1.54, 1.807) is 6.92 Å². The number of aromatic nitrogens is 2. The van der Waals surface area contributed by atoms with Gasteiger partial charge in [0, 0.05) is 17.0 Å². The van der Waals surface area contributed by atoms with Crippen LogP contribution in [0.15, 0.2) is 18.2 Å². The summed E-state index contributed by atoms with van der Waals surface area (Å²) in [5.74, 6) is 0.536. The smallest absolute Gasteiger partial charge is 0.347 e. The van der Waals surface area contributed by atoms with Gasteiger partial charge in [0.1, 0.15) is 18.1 Å². The van der Waals surface area contributed by atoms with Gasteiger partial charge in [-0.3, -0.25) is 4.40 Å². The Kier molecular flexibility index (Phi) is 3.05. The topological polar surface area (TPSA) is 73.1 Å². The van der Waals surface area contributed by atoms with Crippen molar-refractivity contribution in [2.24, 2.45) is 0 Å². The molecule has 2 aromatic heterocycles. The lowest BCUT2D eigenvalue weighted by Crippen LogP contribution is -2.15. The number of carboxylic acid groups (broad SMARTS) is 1. The van der Waals surface area contributed by atoms with Gasteiger partial charge in [-0.15, -0.1) is 0 Å². The van der Waals surface area contributed by atoms with Gasteiger partial charge >= 0.3 is 5.97 Å². The van der Waals surface area contributed by atoms with E-state index in [2.05, 4.69) is 4.98 Å². The molecule has 1 aromatic carbocycles. The summed E-state index contributed by atoms with van der Waals surface area (Å²) in [5.41, 5.74) is 3.37. The van der Waals surface area contributed by atoms with Gasteiger partial charge in [-0.2, -0.15) is 0 Å². The van der Waals surface area contributed by atoms with E-state index < -0.39 is 5.97 Å². The number of nitrogens with zero attached hydrogens (tertiary/aromatic N) is 2. The molecule has 0 radical (unpaired) electrons. The molecule has 3 heterocycles. The summed E-state index contributed by atoms with van der Waals surface area (Å²) in [6.07, 6.45) is 0. The van der Waals surface area contributed by atoms with Crippen molar-refractivity contribution >= 4 is 22.3 Å². The molecule has 0 saturated heterocycles. The molecule has 23 heavy (non-hydrogen) atoms. The minimum Gasteiger partial charge on any atom is -0.486 e. The van der Waals surface area contributed by atoms with E-state index in [4.69, 9.17) is 9.47 Å². The number of carboxylic acids is 1. The molecule has 0 fully saturated rings. The normalized spacial score (nSPS) is 13.5. The quantitative estimate of drug-likeness (QED) is 0.781. The summed E-state index contributed by atoms with van der Waals surface area (Å²) in [6, 6.07) is 5.74. The Morgan fingerprint density at radius 2 is 1.96 bits per heavy atom. The van der Waals surface area contributed by atoms with Gasteiger partial charge in [0.05, 0.1) is 5.69 Å². The minimum atomic E-state index is -0.918. The SMILES string of the molecule is Cc1c(-c2ccc3c(c2)OCCO3)nc2sc(C(=O)O)c(C)n12. The number of aryl methyl sites for hydroxylation is 2. The first-order valence-corrected chi connectivity index (χ1v) is 7.99. The van der Waals surface area contributed by atoms with Crippen molar-refractivity contribution in [2.75, 3.05) is 13.2 Å². The zero-order valence-electron chi connectivity index (χ0n) is 12.6. The Labute approximate surface area is 135 Å². The lowest BCUT2D eigenvalue weighted by molar-refractivity contribution is 0.0701. The predicted octanol–water partition coefficient (Wildman–Crippen LogP) is 3.15. The van der Waals surface area contributed by atoms with Gasteiger partial charge in [-0.1, -0.05) is 11.3 Å². The van der Waals surface area contributed by atoms with Crippen LogP contribution >= 0.6 is 11.3 Å². The average molecular weight is 330 g/mol. The third kappa shape index (κ3) is 2.08. The zero-order chi connectivity index (χ0) is 16.1. The third-order valence-electron chi connectivity index (χ3n) is 3.94. The lowest BCUT2D eigenvalue weighted by atomic mass is 10.1. The van der Waals surface area contributed by atoms with Crippen molar-refractivity contribution in [3.05, 3.63) is 34.5 Å². The summed E-state index contributed by atoms with van der Waals surface area (Å²) in [7, 11) is 0. The van der Waals surface area contributed by atoms with E-state index in [1.165, 1.54) is 11.3 Å². The van der Waals surface area contributed by atoms with Gasteiger partial charge in [0.25, 0.3) is 0 Å². The zero-order valence-corrected chi connectivity index (χ0v) is 13.4. The molecule has 3 aromatic rings. The molecule has 0 saturated carbocycles. The number of benzene rings is 1. The third-order valence-corrected chi connectivity index (χ3v) is 5.07. The minimum absolute atomic E-state index is 0.323. The average Bonchev–Trinajstić information content (AvgIpc) is 3.04. The molecule has 0 aliphatic carbocycles. The van der Waals surface area contributed by atoms with Crippen LogP contribution in [0, 0.1) is 13.8 Å². The van der Waals surface area contributed by atoms with Crippen molar-refractivity contribution in [1.82, 2.24) is 9.38 Å². The fourth-order valence-electron chi connectivity index (χ4n) is 2.87. The number of rotatable bonds is 2. The fraction of sp³-hybridized carbons (Fsp3) is 0.250. The molecule has 1 N–H and O–H groups in total. The highest BCUT2D eigenvalue weighted by Gasteiger charge is 2.21. The fourth-order valence-corrected chi connectivity index (χ4v) is 3.88. The maximum absolute atomic E-state index is 11.3. The molecule has 0 atom stereocenters. The van der Waals surface area contributed by atoms with E-state index in [1.807, 2.05) is 29.5 Å². The van der Waals surface area contributed by atoms with Crippen LogP contribution in [0.1, 0.15) is 21.1 Å². The molecule has 6 nitrogen and oxygen atoms in total. The molecule has 1 aliphatic rings. The predicted molar refractivity (Wildman–Crippen MR) is 85.9 cm³/mol. The lowest BCUT2D eigenvalue weighted by Gasteiger charge is -2.18. The first-order chi connectivity index (χ1) is 11.1. The summed E-state index contributed by atoms with van der Waals surface area (Å²) < 4.78 is 13.0. The molecule has 0 bridgehead atoms. The van der Waals surface area contributed by atoms with E-state index in [0.29, 0.717) is 34.5 Å². The standard InChI is InChI=1S/C16H14N2O4S/c1-8-13(10-3-4-11-12(7-10)22-6-5-21-11)17-16-18(8)9(2)14(23-16)15(19)20/h3-4,7H,5-6H2,1-2H3,(H,19,20). The van der Waals surface area contributed by atoms with Crippen molar-refractivity contribution in [3.8, 4) is 22.8 Å². The number of ether oxygens (including phenoxy) is 2. The number of aromatic carboxylic acids is 1. The summed E-state index contributed by atoms with van der Waals surface area (Å²) >= 11 is 1.19. The van der Waals surface area contributed by atoms with E-state index >= 15 is 0 Å². The van der Waals surface area contributed by atoms with Crippen molar-refractivity contribution < 1.29 is 19.4 Å². The van der Waals surface area contributed by atoms with Crippen LogP contribution in [0.4, 0.5) is 0 Å². The number of fused-ring (bicyclic) bond motifs is 2. The van der Waals surface area contributed by atoms with Gasteiger partial charge in [-0.05, 0) is 32.0 Å². The highest BCUT2D eigenvalue weighted by molar-refractivity contribution is 7.19. The van der Waals surface area contributed by atoms with Gasteiger partial charge in [0.15, 0.2) is 16.5 Å². The van der Waals surface area contributed by atoms with Gasteiger partial charge in [0.2, 0.25) is 0 Å². The van der Waals surface area contributed by atoms with Crippen LogP contribution in [0.2, 0.25) is 0 Å². The van der Waals surface area contributed by atoms with Gasteiger partial charge < -0.3 is 14.6 Å². The Morgan fingerprint density at radius 1 is 1.22 bits per heavy atom. The second kappa shape index (κ2) is 4.99. The second-order valence-corrected chi connectivity index (χ2v) is 6.32. The molecule has 0 amide bonds. The number of carbonyl (C=O) groups is 1. The van der Waals surface area contributed by atoms with Crippen LogP contribution < -0.4 is 9.47 Å². The monoisotopic (exact) mass is 330 g/mol. The number of thiazole rings is 1. The van der Waals surface area contributed by atoms with Crippen molar-refractivity contribution in [2.45, 2.75) is 13.8 Å². The Bertz CT molecular complexity index is 941. The summed E-state index contributed by atoms with van der Waals surface area (Å²) in [4.78, 5) is 16.9. The van der Waals surface area contributed by atoms with Crippen LogP contribution in [0.25, 0.3) is 16.2 Å². The molecule has 1 aliphatic heterocycles. The van der Waals surface area contributed by atoms with Crippen LogP contribution in [0.3, 0.4) is 0 Å². The molecule has 0 unspecified atom stereocenters. The van der Waals surface area contributed by atoms with Crippen LogP contribution in [-0.4, -0.2) is 33.7 Å². The summed E-state index contributed by atoms with van der Waals surface area (Å²) in [5, 5.41) is 9.23. The Morgan fingerprint density at radius 3 is 2.65 bits per heavy atom. The number of imidazole rings is 1. The van der Waals surface area contributed by atoms with Gasteiger partial charge in [-0.25, -0.2) is 9.78 Å². The van der Waals surface area contributed by atoms with E-state index in [-0.39, 0.29) is 0 Å². The molecular weight excluding hydrogens is 316 g/mol. The molecule has 7 heteroatoms. The first-order valence-electron chi connectivity index (χ1n) is 7.18.